The topological polar surface area (TPSA) is 38.3 Å². The Hall–Kier alpha value is -0.830. The Bertz CT molecular complexity index is 204. The van der Waals surface area contributed by atoms with Gasteiger partial charge in [-0.15, -0.1) is 6.58 Å². The summed E-state index contributed by atoms with van der Waals surface area (Å²) in [6.07, 6.45) is 0.892. The van der Waals surface area contributed by atoms with Crippen molar-refractivity contribution in [1.29, 1.82) is 0 Å². The lowest BCUT2D eigenvalue weighted by Crippen LogP contribution is -2.31. The first kappa shape index (κ1) is 13.2. The fourth-order valence-corrected chi connectivity index (χ4v) is 0.870. The van der Waals surface area contributed by atoms with Crippen LogP contribution < -0.4 is 5.32 Å². The van der Waals surface area contributed by atoms with Crippen molar-refractivity contribution in [2.75, 3.05) is 13.1 Å². The Morgan fingerprint density at radius 3 is 2.43 bits per heavy atom. The second kappa shape index (κ2) is 5.81. The van der Waals surface area contributed by atoms with E-state index in [0.29, 0.717) is 0 Å². The van der Waals surface area contributed by atoms with E-state index >= 15 is 0 Å². The van der Waals surface area contributed by atoms with Gasteiger partial charge in [0.2, 0.25) is 0 Å². The van der Waals surface area contributed by atoms with E-state index in [0.717, 1.165) is 18.5 Å². The standard InChI is InChI=1S/C11H21NO2/c1-9(2)6-7-12-8-10(13)14-11(3,4)5/h12H,1,6-8H2,2-5H3. The van der Waals surface area contributed by atoms with Crippen LogP contribution in [0, 0.1) is 0 Å². The van der Waals surface area contributed by atoms with Crippen LogP contribution in [-0.4, -0.2) is 24.7 Å². The molecular weight excluding hydrogens is 178 g/mol. The molecule has 0 saturated heterocycles. The predicted octanol–water partition coefficient (Wildman–Crippen LogP) is 1.88. The average Bonchev–Trinajstić information content (AvgIpc) is 1.94. The highest BCUT2D eigenvalue weighted by Gasteiger charge is 2.15. The molecule has 0 spiro atoms. The molecule has 0 atom stereocenters. The van der Waals surface area contributed by atoms with Crippen LogP contribution in [0.15, 0.2) is 12.2 Å². The largest absolute Gasteiger partial charge is 0.459 e. The van der Waals surface area contributed by atoms with Gasteiger partial charge in [-0.2, -0.15) is 0 Å². The lowest BCUT2D eigenvalue weighted by atomic mass is 10.2. The number of hydrogen-bond donors (Lipinski definition) is 1. The lowest BCUT2D eigenvalue weighted by molar-refractivity contribution is -0.153. The molecule has 0 aromatic rings. The Morgan fingerprint density at radius 2 is 2.00 bits per heavy atom. The summed E-state index contributed by atoms with van der Waals surface area (Å²) in [6, 6.07) is 0. The zero-order valence-corrected chi connectivity index (χ0v) is 9.64. The molecule has 0 bridgehead atoms. The van der Waals surface area contributed by atoms with Gasteiger partial charge in [-0.1, -0.05) is 5.57 Å². The van der Waals surface area contributed by atoms with Crippen molar-refractivity contribution >= 4 is 5.97 Å². The maximum Gasteiger partial charge on any atom is 0.320 e. The van der Waals surface area contributed by atoms with E-state index in [9.17, 15) is 4.79 Å². The molecule has 0 heterocycles. The molecule has 0 aromatic carbocycles. The number of carbonyl (C=O) groups is 1. The van der Waals surface area contributed by atoms with Crippen molar-refractivity contribution in [3.8, 4) is 0 Å². The molecule has 0 aliphatic rings. The minimum atomic E-state index is -0.396. The minimum absolute atomic E-state index is 0.209. The fraction of sp³-hybridized carbons (Fsp3) is 0.727. The van der Waals surface area contributed by atoms with E-state index in [-0.39, 0.29) is 12.5 Å². The van der Waals surface area contributed by atoms with Crippen LogP contribution in [0.5, 0.6) is 0 Å². The molecule has 14 heavy (non-hydrogen) atoms. The van der Waals surface area contributed by atoms with Crippen molar-refractivity contribution in [3.63, 3.8) is 0 Å². The summed E-state index contributed by atoms with van der Waals surface area (Å²) in [5, 5.41) is 3.00. The van der Waals surface area contributed by atoms with E-state index < -0.39 is 5.60 Å². The third-order valence-corrected chi connectivity index (χ3v) is 1.42. The Morgan fingerprint density at radius 1 is 1.43 bits per heavy atom. The smallest absolute Gasteiger partial charge is 0.320 e. The highest BCUT2D eigenvalue weighted by molar-refractivity contribution is 5.72. The highest BCUT2D eigenvalue weighted by Crippen LogP contribution is 2.06. The number of ether oxygens (including phenoxy) is 1. The van der Waals surface area contributed by atoms with E-state index in [1.807, 2.05) is 27.7 Å². The van der Waals surface area contributed by atoms with Gasteiger partial charge in [0.25, 0.3) is 0 Å². The zero-order valence-electron chi connectivity index (χ0n) is 9.64. The molecule has 0 saturated carbocycles. The van der Waals surface area contributed by atoms with Gasteiger partial charge in [-0.3, -0.25) is 4.79 Å². The van der Waals surface area contributed by atoms with Crippen LogP contribution in [0.25, 0.3) is 0 Å². The summed E-state index contributed by atoms with van der Waals surface area (Å²) in [6.45, 7) is 12.4. The van der Waals surface area contributed by atoms with E-state index in [1.54, 1.807) is 0 Å². The van der Waals surface area contributed by atoms with Gasteiger partial charge < -0.3 is 10.1 Å². The van der Waals surface area contributed by atoms with Crippen LogP contribution >= 0.6 is 0 Å². The minimum Gasteiger partial charge on any atom is -0.459 e. The quantitative estimate of drug-likeness (QED) is 0.417. The first-order chi connectivity index (χ1) is 6.31. The number of esters is 1. The molecule has 0 unspecified atom stereocenters. The SMILES string of the molecule is C=C(C)CCNCC(=O)OC(C)(C)C. The van der Waals surface area contributed by atoms with Gasteiger partial charge in [0.05, 0.1) is 6.54 Å². The van der Waals surface area contributed by atoms with Gasteiger partial charge >= 0.3 is 5.97 Å². The molecule has 0 aliphatic carbocycles. The summed E-state index contributed by atoms with van der Waals surface area (Å²) in [7, 11) is 0. The zero-order chi connectivity index (χ0) is 11.2. The van der Waals surface area contributed by atoms with Crippen molar-refractivity contribution in [2.45, 2.75) is 39.7 Å². The highest BCUT2D eigenvalue weighted by atomic mass is 16.6. The van der Waals surface area contributed by atoms with Crippen LogP contribution in [0.3, 0.4) is 0 Å². The molecule has 0 aromatic heterocycles. The number of rotatable bonds is 5. The van der Waals surface area contributed by atoms with Crippen molar-refractivity contribution in [2.24, 2.45) is 0 Å². The van der Waals surface area contributed by atoms with Crippen molar-refractivity contribution < 1.29 is 9.53 Å². The summed E-state index contributed by atoms with van der Waals surface area (Å²) >= 11 is 0. The second-order valence-corrected chi connectivity index (χ2v) is 4.47. The maximum atomic E-state index is 11.2. The molecule has 82 valence electrons. The normalized spacial score (nSPS) is 11.1. The summed E-state index contributed by atoms with van der Waals surface area (Å²) < 4.78 is 5.12. The van der Waals surface area contributed by atoms with Crippen molar-refractivity contribution in [3.05, 3.63) is 12.2 Å². The van der Waals surface area contributed by atoms with Gasteiger partial charge in [0.15, 0.2) is 0 Å². The third kappa shape index (κ3) is 9.26. The molecule has 0 aliphatic heterocycles. The summed E-state index contributed by atoms with van der Waals surface area (Å²) in [5.74, 6) is -0.209. The molecule has 3 nitrogen and oxygen atoms in total. The Labute approximate surface area is 86.5 Å². The maximum absolute atomic E-state index is 11.2. The first-order valence-electron chi connectivity index (χ1n) is 4.88. The number of carbonyl (C=O) groups excluding carboxylic acids is 1. The molecule has 0 fully saturated rings. The van der Waals surface area contributed by atoms with Crippen LogP contribution in [0.2, 0.25) is 0 Å². The Balaban J connectivity index is 3.50. The second-order valence-electron chi connectivity index (χ2n) is 4.47. The molecule has 0 rings (SSSR count). The summed E-state index contributed by atoms with van der Waals surface area (Å²) in [5.41, 5.74) is 0.717. The van der Waals surface area contributed by atoms with E-state index in [2.05, 4.69) is 11.9 Å². The molecule has 3 heteroatoms. The van der Waals surface area contributed by atoms with Crippen LogP contribution in [0.4, 0.5) is 0 Å². The van der Waals surface area contributed by atoms with Gasteiger partial charge in [0, 0.05) is 0 Å². The number of hydrogen-bond acceptors (Lipinski definition) is 3. The third-order valence-electron chi connectivity index (χ3n) is 1.42. The number of nitrogens with one attached hydrogen (secondary N) is 1. The average molecular weight is 199 g/mol. The monoisotopic (exact) mass is 199 g/mol. The molecule has 1 N–H and O–H groups in total. The van der Waals surface area contributed by atoms with Crippen LogP contribution in [-0.2, 0) is 9.53 Å². The van der Waals surface area contributed by atoms with E-state index in [4.69, 9.17) is 4.74 Å². The van der Waals surface area contributed by atoms with Gasteiger partial charge in [0.1, 0.15) is 5.60 Å². The van der Waals surface area contributed by atoms with Crippen molar-refractivity contribution in [1.82, 2.24) is 5.32 Å². The molecular formula is C11H21NO2. The first-order valence-corrected chi connectivity index (χ1v) is 4.88. The molecule has 0 radical (unpaired) electrons. The van der Waals surface area contributed by atoms with E-state index in [1.165, 1.54) is 0 Å². The predicted molar refractivity (Wildman–Crippen MR) is 58.1 cm³/mol. The molecule has 0 amide bonds. The van der Waals surface area contributed by atoms with Crippen LogP contribution in [0.1, 0.15) is 34.1 Å². The van der Waals surface area contributed by atoms with Gasteiger partial charge in [-0.05, 0) is 40.7 Å². The van der Waals surface area contributed by atoms with Gasteiger partial charge in [-0.25, -0.2) is 0 Å². The summed E-state index contributed by atoms with van der Waals surface area (Å²) in [4.78, 5) is 11.2. The fourth-order valence-electron chi connectivity index (χ4n) is 0.870. The Kier molecular flexibility index (Phi) is 5.46. The lowest BCUT2D eigenvalue weighted by Gasteiger charge is -2.19.